The number of hydrogen-bond donors (Lipinski definition) is 12. The molecule has 12 N–H and O–H groups in total. The molecule has 0 aromatic rings. The first kappa shape index (κ1) is 79.2. The first-order valence-electron chi connectivity index (χ1n) is 33.8. The smallest absolute Gasteiger partial charge is 0.220 e. The predicted octanol–water partition coefficient (Wildman–Crippen LogP) is 8.32. The number of rotatable bonds is 50. The van der Waals surface area contributed by atoms with E-state index in [4.69, 9.17) is 28.4 Å². The van der Waals surface area contributed by atoms with Gasteiger partial charge < -0.3 is 89.9 Å². The maximum absolute atomic E-state index is 13.4. The SMILES string of the molecule is CC/C=C\C/C=C\C/C=C\C/C=C\C/C=C\C/C=C\CCCCCCCCCCCCC(=O)NC(COC1OC(CO)C(OC2OC(CO)C(OC3OC(CO)C(O)C(O)C3O)C(O)C2O)C(O)C1O)C(O)/C=C/CCCCCCCCCCCCCC. The second-order valence-electron chi connectivity index (χ2n) is 23.9. The zero-order valence-corrected chi connectivity index (χ0v) is 53.4. The van der Waals surface area contributed by atoms with Gasteiger partial charge in [-0.1, -0.05) is 221 Å². The molecule has 17 atom stereocenters. The zero-order chi connectivity index (χ0) is 64.0. The second kappa shape index (κ2) is 50.5. The molecule has 3 rings (SSSR count). The van der Waals surface area contributed by atoms with Crippen LogP contribution in [0.4, 0.5) is 0 Å². The summed E-state index contributed by atoms with van der Waals surface area (Å²) >= 11 is 0. The van der Waals surface area contributed by atoms with Gasteiger partial charge in [-0.3, -0.25) is 4.79 Å². The van der Waals surface area contributed by atoms with Crippen LogP contribution in [0, 0.1) is 0 Å². The molecule has 0 aromatic heterocycles. The van der Waals surface area contributed by atoms with Crippen molar-refractivity contribution in [2.75, 3.05) is 26.4 Å². The Kier molecular flexibility index (Phi) is 45.5. The molecule has 3 heterocycles. The molecule has 19 heteroatoms. The minimum atomic E-state index is -1.98. The highest BCUT2D eigenvalue weighted by Crippen LogP contribution is 2.33. The van der Waals surface area contributed by atoms with E-state index in [1.54, 1.807) is 6.08 Å². The number of unbranched alkanes of at least 4 members (excludes halogenated alkanes) is 22. The Morgan fingerprint density at radius 2 is 0.784 bits per heavy atom. The monoisotopic (exact) mass is 1250 g/mol. The molecule has 0 saturated carbocycles. The van der Waals surface area contributed by atoms with Gasteiger partial charge in [0, 0.05) is 6.42 Å². The number of aliphatic hydroxyl groups is 11. The van der Waals surface area contributed by atoms with Crippen molar-refractivity contribution in [1.29, 1.82) is 0 Å². The number of ether oxygens (including phenoxy) is 6. The number of amides is 1. The lowest BCUT2D eigenvalue weighted by atomic mass is 9.96. The van der Waals surface area contributed by atoms with Gasteiger partial charge in [0.2, 0.25) is 5.91 Å². The van der Waals surface area contributed by atoms with Crippen molar-refractivity contribution in [2.24, 2.45) is 0 Å². The molecular weight excluding hydrogens is 1130 g/mol. The maximum Gasteiger partial charge on any atom is 0.220 e. The van der Waals surface area contributed by atoms with Crippen LogP contribution < -0.4 is 5.32 Å². The van der Waals surface area contributed by atoms with Gasteiger partial charge in [-0.15, -0.1) is 0 Å². The van der Waals surface area contributed by atoms with Gasteiger partial charge in [0.15, 0.2) is 18.9 Å². The largest absolute Gasteiger partial charge is 0.394 e. The quantitative estimate of drug-likeness (QED) is 0.0201. The van der Waals surface area contributed by atoms with Crippen molar-refractivity contribution >= 4 is 5.91 Å². The van der Waals surface area contributed by atoms with E-state index in [0.717, 1.165) is 96.3 Å². The van der Waals surface area contributed by atoms with Gasteiger partial charge in [0.1, 0.15) is 73.2 Å². The summed E-state index contributed by atoms with van der Waals surface area (Å²) in [6.07, 6.45) is 37.0. The number of carbonyl (C=O) groups excluding carboxylic acids is 1. The van der Waals surface area contributed by atoms with Crippen LogP contribution >= 0.6 is 0 Å². The van der Waals surface area contributed by atoms with Crippen LogP contribution in [-0.4, -0.2) is 193 Å². The summed E-state index contributed by atoms with van der Waals surface area (Å²) in [6, 6.07) is -0.980. The summed E-state index contributed by atoms with van der Waals surface area (Å²) in [4.78, 5) is 13.4. The Morgan fingerprint density at radius 3 is 1.23 bits per heavy atom. The molecule has 0 bridgehead atoms. The minimum absolute atomic E-state index is 0.233. The highest BCUT2D eigenvalue weighted by molar-refractivity contribution is 5.76. The average molecular weight is 1250 g/mol. The van der Waals surface area contributed by atoms with Crippen LogP contribution in [-0.2, 0) is 33.2 Å². The molecule has 0 aliphatic carbocycles. The van der Waals surface area contributed by atoms with Gasteiger partial charge in [-0.05, 0) is 70.6 Å². The van der Waals surface area contributed by atoms with E-state index in [1.807, 2.05) is 6.08 Å². The van der Waals surface area contributed by atoms with Crippen molar-refractivity contribution in [3.8, 4) is 0 Å². The molecule has 19 nitrogen and oxygen atoms in total. The van der Waals surface area contributed by atoms with Crippen LogP contribution in [0.2, 0.25) is 0 Å². The molecule has 0 aromatic carbocycles. The molecule has 0 spiro atoms. The summed E-state index contributed by atoms with van der Waals surface area (Å²) in [5, 5.41) is 120. The molecule has 3 aliphatic heterocycles. The van der Waals surface area contributed by atoms with E-state index in [0.29, 0.717) is 6.42 Å². The van der Waals surface area contributed by atoms with Crippen LogP contribution in [0.25, 0.3) is 0 Å². The Morgan fingerprint density at radius 1 is 0.420 bits per heavy atom. The molecule has 508 valence electrons. The molecule has 88 heavy (non-hydrogen) atoms. The van der Waals surface area contributed by atoms with Crippen LogP contribution in [0.5, 0.6) is 0 Å². The first-order chi connectivity index (χ1) is 42.8. The predicted molar refractivity (Wildman–Crippen MR) is 341 cm³/mol. The Bertz CT molecular complexity index is 1930. The van der Waals surface area contributed by atoms with Crippen molar-refractivity contribution in [3.05, 3.63) is 85.1 Å². The zero-order valence-electron chi connectivity index (χ0n) is 53.4. The fourth-order valence-corrected chi connectivity index (χ4v) is 11.0. The van der Waals surface area contributed by atoms with E-state index < -0.39 is 124 Å². The lowest BCUT2D eigenvalue weighted by molar-refractivity contribution is -0.379. The molecule has 3 aliphatic rings. The normalized spacial score (nSPS) is 28.9. The van der Waals surface area contributed by atoms with E-state index in [1.165, 1.54) is 89.9 Å². The second-order valence-corrected chi connectivity index (χ2v) is 23.9. The Hall–Kier alpha value is -3.03. The van der Waals surface area contributed by atoms with E-state index in [2.05, 4.69) is 92.1 Å². The van der Waals surface area contributed by atoms with Gasteiger partial charge in [-0.25, -0.2) is 0 Å². The highest BCUT2D eigenvalue weighted by atomic mass is 16.8. The lowest BCUT2D eigenvalue weighted by Gasteiger charge is -2.48. The third-order valence-corrected chi connectivity index (χ3v) is 16.4. The van der Waals surface area contributed by atoms with Crippen LogP contribution in [0.1, 0.15) is 213 Å². The Balaban J connectivity index is 1.42. The summed E-state index contributed by atoms with van der Waals surface area (Å²) in [6.45, 7) is 1.60. The van der Waals surface area contributed by atoms with Crippen molar-refractivity contribution in [1.82, 2.24) is 5.32 Å². The average Bonchev–Trinajstić information content (AvgIpc) is 2.57. The fraction of sp³-hybridized carbons (Fsp3) is 0.783. The summed E-state index contributed by atoms with van der Waals surface area (Å²) < 4.78 is 34.3. The highest BCUT2D eigenvalue weighted by Gasteiger charge is 2.53. The van der Waals surface area contributed by atoms with E-state index in [-0.39, 0.29) is 18.9 Å². The number of carbonyl (C=O) groups is 1. The van der Waals surface area contributed by atoms with Gasteiger partial charge in [0.05, 0.1) is 38.6 Å². The van der Waals surface area contributed by atoms with E-state index in [9.17, 15) is 61.0 Å². The minimum Gasteiger partial charge on any atom is -0.394 e. The summed E-state index contributed by atoms with van der Waals surface area (Å²) in [5.74, 6) is -0.284. The van der Waals surface area contributed by atoms with Gasteiger partial charge in [-0.2, -0.15) is 0 Å². The third kappa shape index (κ3) is 32.5. The summed E-state index contributed by atoms with van der Waals surface area (Å²) in [7, 11) is 0. The molecule has 3 fully saturated rings. The molecule has 1 amide bonds. The molecule has 3 saturated heterocycles. The van der Waals surface area contributed by atoms with Crippen molar-refractivity contribution < 1.29 is 89.4 Å². The van der Waals surface area contributed by atoms with Crippen LogP contribution in [0.3, 0.4) is 0 Å². The molecular formula is C69H119NO18. The topological polar surface area (TPSA) is 307 Å². The van der Waals surface area contributed by atoms with Crippen molar-refractivity contribution in [2.45, 2.75) is 317 Å². The maximum atomic E-state index is 13.4. The van der Waals surface area contributed by atoms with E-state index >= 15 is 0 Å². The van der Waals surface area contributed by atoms with Crippen molar-refractivity contribution in [3.63, 3.8) is 0 Å². The number of hydrogen-bond acceptors (Lipinski definition) is 18. The molecule has 17 unspecified atom stereocenters. The third-order valence-electron chi connectivity index (χ3n) is 16.4. The van der Waals surface area contributed by atoms with Gasteiger partial charge >= 0.3 is 0 Å². The number of aliphatic hydroxyl groups excluding tert-OH is 11. The standard InChI is InChI=1S/C69H119NO18/c1-3-5-7-9-11-13-15-17-19-20-21-22-23-24-25-26-27-28-29-30-31-32-33-35-37-39-41-43-45-47-57(75)70-52(53(74)46-44-42-40-38-36-34-18-16-14-12-10-8-6-4-2)51-83-67-63(81)60(78)65(55(49-72)85-67)88-69-64(82)61(79)66(56(50-73)86-69)87-68-62(80)59(77)58(76)54(48-71)84-68/h5,7,11,13,17,19,21-22,24-25,27-28,44,46,52-56,58-69,71-74,76-82H,3-4,6,8-10,12,14-16,18,20,23,26,29-43,45,47-51H2,1-2H3,(H,70,75)/b7-5-,13-11-,19-17-,22-21-,25-24-,28-27-,46-44+. The number of nitrogens with one attached hydrogen (secondary N) is 1. The molecule has 0 radical (unpaired) electrons. The van der Waals surface area contributed by atoms with Gasteiger partial charge in [0.25, 0.3) is 0 Å². The Labute approximate surface area is 527 Å². The lowest BCUT2D eigenvalue weighted by Crippen LogP contribution is -2.66. The first-order valence-corrected chi connectivity index (χ1v) is 33.8. The number of allylic oxidation sites excluding steroid dienone is 13. The van der Waals surface area contributed by atoms with Crippen LogP contribution in [0.15, 0.2) is 85.1 Å². The summed E-state index contributed by atoms with van der Waals surface area (Å²) in [5.41, 5.74) is 0. The fourth-order valence-electron chi connectivity index (χ4n) is 11.0.